The van der Waals surface area contributed by atoms with Gasteiger partial charge in [-0.05, 0) is 47.5 Å². The highest BCUT2D eigenvalue weighted by Gasteiger charge is 2.17. The molecule has 6 nitrogen and oxygen atoms in total. The molecule has 4 rings (SSSR count). The average molecular weight is 434 g/mol. The van der Waals surface area contributed by atoms with Crippen LogP contribution < -0.4 is 10.9 Å². The Kier molecular flexibility index (Phi) is 5.73. The SMILES string of the molecule is Cn1c(=O)c(Cc2cccc(Cl)c2)c(O)c2cc(C(=O)NCc3cccnc3)ccc21. The number of carbonyl (C=O) groups is 1. The zero-order valence-corrected chi connectivity index (χ0v) is 17.6. The van der Waals surface area contributed by atoms with Crippen molar-refractivity contribution in [3.05, 3.63) is 105 Å². The lowest BCUT2D eigenvalue weighted by molar-refractivity contribution is 0.0951. The molecule has 2 aromatic heterocycles. The lowest BCUT2D eigenvalue weighted by atomic mass is 10.0. The van der Waals surface area contributed by atoms with Gasteiger partial charge in [-0.2, -0.15) is 0 Å². The summed E-state index contributed by atoms with van der Waals surface area (Å²) in [5.41, 5.74) is 2.58. The van der Waals surface area contributed by atoms with Crippen molar-refractivity contribution in [1.82, 2.24) is 14.9 Å². The first-order valence-electron chi connectivity index (χ1n) is 9.70. The normalized spacial score (nSPS) is 10.9. The van der Waals surface area contributed by atoms with Crippen molar-refractivity contribution in [1.29, 1.82) is 0 Å². The molecule has 0 aliphatic carbocycles. The van der Waals surface area contributed by atoms with E-state index in [1.807, 2.05) is 12.1 Å². The highest BCUT2D eigenvalue weighted by atomic mass is 35.5. The number of carbonyl (C=O) groups excluding carboxylic acids is 1. The molecule has 31 heavy (non-hydrogen) atoms. The molecule has 1 amide bonds. The monoisotopic (exact) mass is 433 g/mol. The maximum atomic E-state index is 12.9. The molecule has 4 aromatic rings. The largest absolute Gasteiger partial charge is 0.507 e. The van der Waals surface area contributed by atoms with Gasteiger partial charge in [0.05, 0.1) is 11.1 Å². The van der Waals surface area contributed by atoms with Crippen LogP contribution in [0.25, 0.3) is 10.9 Å². The number of aromatic hydroxyl groups is 1. The Morgan fingerprint density at radius 1 is 1.13 bits per heavy atom. The summed E-state index contributed by atoms with van der Waals surface area (Å²) < 4.78 is 1.48. The third kappa shape index (κ3) is 4.29. The van der Waals surface area contributed by atoms with Crippen molar-refractivity contribution in [2.24, 2.45) is 7.05 Å². The van der Waals surface area contributed by atoms with E-state index in [0.717, 1.165) is 11.1 Å². The fraction of sp³-hybridized carbons (Fsp3) is 0.125. The van der Waals surface area contributed by atoms with E-state index in [9.17, 15) is 14.7 Å². The number of hydrogen-bond donors (Lipinski definition) is 2. The zero-order valence-electron chi connectivity index (χ0n) is 16.8. The smallest absolute Gasteiger partial charge is 0.258 e. The Hall–Kier alpha value is -3.64. The van der Waals surface area contributed by atoms with Crippen molar-refractivity contribution in [3.8, 4) is 5.75 Å². The molecule has 0 fully saturated rings. The highest BCUT2D eigenvalue weighted by Crippen LogP contribution is 2.29. The molecular weight excluding hydrogens is 414 g/mol. The summed E-state index contributed by atoms with van der Waals surface area (Å²) in [7, 11) is 1.65. The molecule has 2 heterocycles. The predicted octanol–water partition coefficient (Wildman–Crippen LogP) is 3.81. The summed E-state index contributed by atoms with van der Waals surface area (Å²) in [5, 5.41) is 14.8. The van der Waals surface area contributed by atoms with Gasteiger partial charge in [0.2, 0.25) is 0 Å². The molecular formula is C24H20ClN3O3. The van der Waals surface area contributed by atoms with Gasteiger partial charge in [-0.1, -0.05) is 29.8 Å². The number of benzene rings is 2. The third-order valence-electron chi connectivity index (χ3n) is 5.17. The van der Waals surface area contributed by atoms with Crippen LogP contribution in [-0.4, -0.2) is 20.6 Å². The van der Waals surface area contributed by atoms with E-state index in [2.05, 4.69) is 10.3 Å². The number of rotatable bonds is 5. The summed E-state index contributed by atoms with van der Waals surface area (Å²) in [6.07, 6.45) is 3.58. The van der Waals surface area contributed by atoms with E-state index >= 15 is 0 Å². The highest BCUT2D eigenvalue weighted by molar-refractivity contribution is 6.30. The fourth-order valence-corrected chi connectivity index (χ4v) is 3.75. The minimum Gasteiger partial charge on any atom is -0.507 e. The Balaban J connectivity index is 1.69. The van der Waals surface area contributed by atoms with Crippen LogP contribution in [0, 0.1) is 0 Å². The van der Waals surface area contributed by atoms with E-state index in [-0.39, 0.29) is 29.2 Å². The molecule has 2 N–H and O–H groups in total. The van der Waals surface area contributed by atoms with Crippen molar-refractivity contribution in [3.63, 3.8) is 0 Å². The molecule has 0 aliphatic heterocycles. The molecule has 0 atom stereocenters. The van der Waals surface area contributed by atoms with Crippen LogP contribution in [-0.2, 0) is 20.0 Å². The van der Waals surface area contributed by atoms with Gasteiger partial charge in [-0.15, -0.1) is 0 Å². The summed E-state index contributed by atoms with van der Waals surface area (Å²) in [4.78, 5) is 29.5. The molecule has 0 unspecified atom stereocenters. The zero-order chi connectivity index (χ0) is 22.0. The Morgan fingerprint density at radius 2 is 1.94 bits per heavy atom. The van der Waals surface area contributed by atoms with Crippen LogP contribution in [0.5, 0.6) is 5.75 Å². The summed E-state index contributed by atoms with van der Waals surface area (Å²) in [5.74, 6) is -0.407. The molecule has 0 saturated heterocycles. The maximum Gasteiger partial charge on any atom is 0.258 e. The Bertz CT molecular complexity index is 1330. The summed E-state index contributed by atoms with van der Waals surface area (Å²) in [6, 6.07) is 15.7. The van der Waals surface area contributed by atoms with Gasteiger partial charge < -0.3 is 15.0 Å². The standard InChI is InChI=1S/C24H20ClN3O3/c1-28-21-8-7-17(23(30)27-14-16-5-3-9-26-13-16)12-19(21)22(29)20(24(28)31)11-15-4-2-6-18(25)10-15/h2-10,12-13,29H,11,14H2,1H3,(H,27,30). The molecule has 0 radical (unpaired) electrons. The van der Waals surface area contributed by atoms with Crippen LogP contribution in [0.2, 0.25) is 5.02 Å². The number of aryl methyl sites for hydroxylation is 1. The molecule has 0 bridgehead atoms. The number of nitrogens with zero attached hydrogens (tertiary/aromatic N) is 2. The van der Waals surface area contributed by atoms with Crippen LogP contribution in [0.15, 0.2) is 71.8 Å². The maximum absolute atomic E-state index is 12.9. The number of pyridine rings is 2. The molecule has 2 aromatic carbocycles. The molecule has 156 valence electrons. The minimum atomic E-state index is -0.293. The lowest BCUT2D eigenvalue weighted by Crippen LogP contribution is -2.24. The van der Waals surface area contributed by atoms with Gasteiger partial charge in [0.15, 0.2) is 0 Å². The van der Waals surface area contributed by atoms with Gasteiger partial charge in [0.1, 0.15) is 5.75 Å². The molecule has 0 saturated carbocycles. The second-order valence-electron chi connectivity index (χ2n) is 7.27. The van der Waals surface area contributed by atoms with Crippen LogP contribution in [0.1, 0.15) is 27.0 Å². The van der Waals surface area contributed by atoms with Crippen LogP contribution >= 0.6 is 11.6 Å². The van der Waals surface area contributed by atoms with E-state index in [1.165, 1.54) is 4.57 Å². The first-order chi connectivity index (χ1) is 14.9. The van der Waals surface area contributed by atoms with Crippen molar-refractivity contribution < 1.29 is 9.90 Å². The van der Waals surface area contributed by atoms with E-state index in [1.54, 1.807) is 61.9 Å². The van der Waals surface area contributed by atoms with Gasteiger partial charge in [0.25, 0.3) is 11.5 Å². The summed E-state index contributed by atoms with van der Waals surface area (Å²) in [6.45, 7) is 0.337. The Labute approximate surface area is 183 Å². The van der Waals surface area contributed by atoms with Gasteiger partial charge >= 0.3 is 0 Å². The number of fused-ring (bicyclic) bond motifs is 1. The molecule has 7 heteroatoms. The first kappa shape index (κ1) is 20.6. The molecule has 0 aliphatic rings. The van der Waals surface area contributed by atoms with Crippen molar-refractivity contribution in [2.75, 3.05) is 0 Å². The fourth-order valence-electron chi connectivity index (χ4n) is 3.53. The quantitative estimate of drug-likeness (QED) is 0.501. The second-order valence-corrected chi connectivity index (χ2v) is 7.71. The average Bonchev–Trinajstić information content (AvgIpc) is 2.79. The number of hydrogen-bond acceptors (Lipinski definition) is 4. The van der Waals surface area contributed by atoms with E-state index in [4.69, 9.17) is 11.6 Å². The van der Waals surface area contributed by atoms with Gasteiger partial charge in [0, 0.05) is 48.4 Å². The number of aromatic nitrogens is 2. The van der Waals surface area contributed by atoms with E-state index < -0.39 is 0 Å². The van der Waals surface area contributed by atoms with Crippen LogP contribution in [0.3, 0.4) is 0 Å². The number of halogens is 1. The summed E-state index contributed by atoms with van der Waals surface area (Å²) >= 11 is 6.05. The lowest BCUT2D eigenvalue weighted by Gasteiger charge is -2.13. The first-order valence-corrected chi connectivity index (χ1v) is 10.1. The Morgan fingerprint density at radius 3 is 2.68 bits per heavy atom. The number of nitrogens with one attached hydrogen (secondary N) is 1. The van der Waals surface area contributed by atoms with Gasteiger partial charge in [-0.3, -0.25) is 14.6 Å². The second kappa shape index (κ2) is 8.62. The minimum absolute atomic E-state index is 0.125. The van der Waals surface area contributed by atoms with Crippen molar-refractivity contribution in [2.45, 2.75) is 13.0 Å². The topological polar surface area (TPSA) is 84.2 Å². The van der Waals surface area contributed by atoms with E-state index in [0.29, 0.717) is 28.0 Å². The third-order valence-corrected chi connectivity index (χ3v) is 5.40. The van der Waals surface area contributed by atoms with Crippen molar-refractivity contribution >= 4 is 28.4 Å². The number of amides is 1. The van der Waals surface area contributed by atoms with Crippen LogP contribution in [0.4, 0.5) is 0 Å². The predicted molar refractivity (Wildman–Crippen MR) is 121 cm³/mol. The van der Waals surface area contributed by atoms with Gasteiger partial charge in [-0.25, -0.2) is 0 Å². The molecule has 0 spiro atoms.